The number of ketones is 1. The smallest absolute Gasteiger partial charge is 0.165 e. The molecule has 0 radical (unpaired) electrons. The van der Waals surface area contributed by atoms with Crippen LogP contribution >= 0.6 is 11.6 Å². The summed E-state index contributed by atoms with van der Waals surface area (Å²) in [5, 5.41) is 0. The van der Waals surface area contributed by atoms with Gasteiger partial charge in [0.2, 0.25) is 0 Å². The van der Waals surface area contributed by atoms with Crippen molar-refractivity contribution >= 4 is 17.4 Å². The predicted octanol–water partition coefficient (Wildman–Crippen LogP) is 2.40. The van der Waals surface area contributed by atoms with Crippen LogP contribution in [0.4, 0.5) is 4.39 Å². The number of hydrogen-bond donors (Lipinski definition) is 0. The Hall–Kier alpha value is -1.09. The standard InChI is InChI=1S/C10H10ClFO2/c11-7-8(13)5-6-14-10-4-2-1-3-9(10)12/h1-4H,5-7H2. The number of halogens is 2. The van der Waals surface area contributed by atoms with Gasteiger partial charge in [0.1, 0.15) is 0 Å². The lowest BCUT2D eigenvalue weighted by Gasteiger charge is -2.05. The summed E-state index contributed by atoms with van der Waals surface area (Å²) in [5.41, 5.74) is 0. The van der Waals surface area contributed by atoms with Crippen LogP contribution in [-0.4, -0.2) is 18.3 Å². The van der Waals surface area contributed by atoms with Crippen molar-refractivity contribution in [2.45, 2.75) is 6.42 Å². The zero-order chi connectivity index (χ0) is 10.4. The molecule has 0 aromatic heterocycles. The first-order chi connectivity index (χ1) is 6.74. The maximum absolute atomic E-state index is 13.0. The van der Waals surface area contributed by atoms with Gasteiger partial charge in [0.15, 0.2) is 17.3 Å². The van der Waals surface area contributed by atoms with E-state index in [0.29, 0.717) is 0 Å². The molecule has 0 unspecified atom stereocenters. The van der Waals surface area contributed by atoms with Gasteiger partial charge in [-0.2, -0.15) is 0 Å². The van der Waals surface area contributed by atoms with Crippen molar-refractivity contribution in [1.82, 2.24) is 0 Å². The molecule has 0 aliphatic carbocycles. The van der Waals surface area contributed by atoms with Gasteiger partial charge in [0, 0.05) is 6.42 Å². The summed E-state index contributed by atoms with van der Waals surface area (Å²) in [6.07, 6.45) is 0.206. The van der Waals surface area contributed by atoms with E-state index in [4.69, 9.17) is 16.3 Å². The normalized spacial score (nSPS) is 9.86. The van der Waals surface area contributed by atoms with Crippen LogP contribution in [0.5, 0.6) is 5.75 Å². The molecule has 1 rings (SSSR count). The Bertz CT molecular complexity index is 315. The summed E-state index contributed by atoms with van der Waals surface area (Å²) >= 11 is 5.29. The number of para-hydroxylation sites is 1. The van der Waals surface area contributed by atoms with Crippen LogP contribution < -0.4 is 4.74 Å². The van der Waals surface area contributed by atoms with E-state index < -0.39 is 5.82 Å². The fourth-order valence-electron chi connectivity index (χ4n) is 0.903. The Morgan fingerprint density at radius 2 is 2.14 bits per heavy atom. The van der Waals surface area contributed by atoms with E-state index in [1.807, 2.05) is 0 Å². The molecule has 0 bridgehead atoms. The second kappa shape index (κ2) is 5.60. The molecule has 0 aliphatic heterocycles. The van der Waals surface area contributed by atoms with Gasteiger partial charge in [-0.25, -0.2) is 4.39 Å². The molecule has 0 heterocycles. The summed E-state index contributed by atoms with van der Waals surface area (Å²) in [6, 6.07) is 6.06. The average Bonchev–Trinajstić information content (AvgIpc) is 2.20. The largest absolute Gasteiger partial charge is 0.490 e. The molecule has 0 fully saturated rings. The minimum Gasteiger partial charge on any atom is -0.490 e. The predicted molar refractivity (Wildman–Crippen MR) is 52.2 cm³/mol. The Labute approximate surface area is 86.6 Å². The van der Waals surface area contributed by atoms with Crippen LogP contribution in [0.25, 0.3) is 0 Å². The Morgan fingerprint density at radius 3 is 2.79 bits per heavy atom. The summed E-state index contributed by atoms with van der Waals surface area (Å²) in [4.78, 5) is 10.8. The fraction of sp³-hybridized carbons (Fsp3) is 0.300. The average molecular weight is 217 g/mol. The van der Waals surface area contributed by atoms with Crippen LogP contribution in [0.15, 0.2) is 24.3 Å². The molecule has 0 saturated heterocycles. The van der Waals surface area contributed by atoms with E-state index in [-0.39, 0.29) is 30.4 Å². The third kappa shape index (κ3) is 3.34. The van der Waals surface area contributed by atoms with Crippen molar-refractivity contribution in [2.24, 2.45) is 0 Å². The lowest BCUT2D eigenvalue weighted by Crippen LogP contribution is -2.07. The maximum atomic E-state index is 13.0. The minimum atomic E-state index is -0.425. The van der Waals surface area contributed by atoms with E-state index in [1.54, 1.807) is 12.1 Å². The molecule has 0 saturated carbocycles. The second-order valence-corrected chi connectivity index (χ2v) is 2.97. The minimum absolute atomic E-state index is 0.0272. The molecule has 1 aromatic rings. The third-order valence-electron chi connectivity index (χ3n) is 1.62. The van der Waals surface area contributed by atoms with Crippen LogP contribution in [0.2, 0.25) is 0 Å². The lowest BCUT2D eigenvalue weighted by atomic mass is 10.3. The second-order valence-electron chi connectivity index (χ2n) is 2.70. The number of Topliss-reactive ketones (excluding diaryl/α,β-unsaturated/α-hetero) is 1. The van der Waals surface area contributed by atoms with Gasteiger partial charge < -0.3 is 4.74 Å². The zero-order valence-electron chi connectivity index (χ0n) is 7.50. The number of hydrogen-bond acceptors (Lipinski definition) is 2. The molecule has 0 amide bonds. The topological polar surface area (TPSA) is 26.3 Å². The van der Waals surface area contributed by atoms with Crippen molar-refractivity contribution in [3.63, 3.8) is 0 Å². The van der Waals surface area contributed by atoms with Crippen molar-refractivity contribution < 1.29 is 13.9 Å². The Balaban J connectivity index is 2.39. The number of alkyl halides is 1. The highest BCUT2D eigenvalue weighted by Crippen LogP contribution is 2.15. The number of rotatable bonds is 5. The highest BCUT2D eigenvalue weighted by atomic mass is 35.5. The maximum Gasteiger partial charge on any atom is 0.165 e. The van der Waals surface area contributed by atoms with Crippen molar-refractivity contribution in [2.75, 3.05) is 12.5 Å². The molecule has 0 atom stereocenters. The first-order valence-electron chi connectivity index (χ1n) is 4.19. The van der Waals surface area contributed by atoms with Gasteiger partial charge in [0.25, 0.3) is 0 Å². The zero-order valence-corrected chi connectivity index (χ0v) is 8.26. The van der Waals surface area contributed by atoms with Gasteiger partial charge >= 0.3 is 0 Å². The summed E-state index contributed by atoms with van der Waals surface area (Å²) < 4.78 is 18.0. The molecular formula is C10H10ClFO2. The van der Waals surface area contributed by atoms with E-state index in [0.717, 1.165) is 0 Å². The van der Waals surface area contributed by atoms with Crippen LogP contribution in [0, 0.1) is 5.82 Å². The first-order valence-corrected chi connectivity index (χ1v) is 4.72. The summed E-state index contributed by atoms with van der Waals surface area (Å²) in [7, 11) is 0. The third-order valence-corrected chi connectivity index (χ3v) is 1.92. The molecule has 76 valence electrons. The van der Waals surface area contributed by atoms with Crippen LogP contribution in [-0.2, 0) is 4.79 Å². The van der Waals surface area contributed by atoms with Crippen LogP contribution in [0.1, 0.15) is 6.42 Å². The monoisotopic (exact) mass is 216 g/mol. The van der Waals surface area contributed by atoms with Gasteiger partial charge in [-0.05, 0) is 12.1 Å². The SMILES string of the molecule is O=C(CCl)CCOc1ccccc1F. The molecule has 4 heteroatoms. The van der Waals surface area contributed by atoms with E-state index in [9.17, 15) is 9.18 Å². The highest BCUT2D eigenvalue weighted by molar-refractivity contribution is 6.27. The van der Waals surface area contributed by atoms with Crippen molar-refractivity contribution in [3.8, 4) is 5.75 Å². The molecule has 2 nitrogen and oxygen atoms in total. The van der Waals surface area contributed by atoms with Gasteiger partial charge in [0.05, 0.1) is 12.5 Å². The van der Waals surface area contributed by atoms with Crippen molar-refractivity contribution in [1.29, 1.82) is 0 Å². The fourth-order valence-corrected chi connectivity index (χ4v) is 1.04. The molecule has 0 N–H and O–H groups in total. The number of carbonyl (C=O) groups excluding carboxylic acids is 1. The van der Waals surface area contributed by atoms with Crippen LogP contribution in [0.3, 0.4) is 0 Å². The van der Waals surface area contributed by atoms with E-state index >= 15 is 0 Å². The number of ether oxygens (including phenoxy) is 1. The summed E-state index contributed by atoms with van der Waals surface area (Å²) in [6.45, 7) is 0.159. The Morgan fingerprint density at radius 1 is 1.43 bits per heavy atom. The first kappa shape index (κ1) is 11.0. The quantitative estimate of drug-likeness (QED) is 0.707. The number of benzene rings is 1. The van der Waals surface area contributed by atoms with Gasteiger partial charge in [-0.15, -0.1) is 11.6 Å². The molecule has 0 aliphatic rings. The molecule has 1 aromatic carbocycles. The number of carbonyl (C=O) groups is 1. The van der Waals surface area contributed by atoms with Gasteiger partial charge in [-0.1, -0.05) is 12.1 Å². The molecule has 0 spiro atoms. The highest BCUT2D eigenvalue weighted by Gasteiger charge is 2.03. The Kier molecular flexibility index (Phi) is 4.40. The summed E-state index contributed by atoms with van der Waals surface area (Å²) in [5.74, 6) is -0.399. The van der Waals surface area contributed by atoms with Crippen molar-refractivity contribution in [3.05, 3.63) is 30.1 Å². The van der Waals surface area contributed by atoms with E-state index in [2.05, 4.69) is 0 Å². The molecule has 14 heavy (non-hydrogen) atoms. The van der Waals surface area contributed by atoms with E-state index in [1.165, 1.54) is 12.1 Å². The molecular weight excluding hydrogens is 207 g/mol. The lowest BCUT2D eigenvalue weighted by molar-refractivity contribution is -0.117. The van der Waals surface area contributed by atoms with Gasteiger partial charge in [-0.3, -0.25) is 4.79 Å².